The number of aliphatic hydroxyl groups is 1. The molecule has 1 N–H and O–H groups in total. The molecule has 0 bridgehead atoms. The number of aliphatic hydroxyl groups excluding tert-OH is 1. The second-order valence-electron chi connectivity index (χ2n) is 3.24. The molecule has 4 nitrogen and oxygen atoms in total. The van der Waals surface area contributed by atoms with Crippen LogP contribution >= 0.6 is 0 Å². The maximum Gasteiger partial charge on any atom is 0.264 e. The zero-order valence-electron chi connectivity index (χ0n) is 8.46. The van der Waals surface area contributed by atoms with Gasteiger partial charge in [0.15, 0.2) is 0 Å². The van der Waals surface area contributed by atoms with Crippen LogP contribution in [-0.2, 0) is 14.3 Å². The van der Waals surface area contributed by atoms with Crippen LogP contribution in [0.3, 0.4) is 0 Å². The predicted molar refractivity (Wildman–Crippen MR) is 56.8 cm³/mol. The summed E-state index contributed by atoms with van der Waals surface area (Å²) in [6.45, 7) is -0.00507. The van der Waals surface area contributed by atoms with Crippen molar-refractivity contribution < 1.29 is 17.7 Å². The molecule has 1 aromatic rings. The highest BCUT2D eigenvalue weighted by atomic mass is 32.2. The van der Waals surface area contributed by atoms with E-state index in [2.05, 4.69) is 4.18 Å². The van der Waals surface area contributed by atoms with Crippen molar-refractivity contribution in [3.8, 4) is 0 Å². The van der Waals surface area contributed by atoms with Gasteiger partial charge >= 0.3 is 0 Å². The molecule has 5 heteroatoms. The normalized spacial score (nSPS) is 13.7. The molecule has 84 valence electrons. The number of hydrogen-bond donors (Lipinski definition) is 1. The molecule has 0 amide bonds. The van der Waals surface area contributed by atoms with Gasteiger partial charge in [0.25, 0.3) is 10.1 Å². The Hall–Kier alpha value is -0.910. The van der Waals surface area contributed by atoms with E-state index in [-0.39, 0.29) is 13.0 Å². The van der Waals surface area contributed by atoms with Gasteiger partial charge in [0.1, 0.15) is 0 Å². The Labute approximate surface area is 89.6 Å². The molecule has 1 atom stereocenters. The molecule has 1 rings (SSSR count). The molecular weight excluding hydrogens is 216 g/mol. The van der Waals surface area contributed by atoms with E-state index in [9.17, 15) is 13.5 Å². The van der Waals surface area contributed by atoms with Crippen molar-refractivity contribution in [2.75, 3.05) is 12.9 Å². The fraction of sp³-hybridized carbons (Fsp3) is 0.400. The standard InChI is InChI=1S/C10H14O4S/c1-15(12,13)14-8-7-10(11)9-5-3-2-4-6-9/h2-6,10-11H,7-8H2,1H3/t10-/m1/s1. The summed E-state index contributed by atoms with van der Waals surface area (Å²) in [6, 6.07) is 9.05. The Bertz CT molecular complexity index is 385. The molecule has 0 unspecified atom stereocenters. The summed E-state index contributed by atoms with van der Waals surface area (Å²) in [4.78, 5) is 0. The zero-order chi connectivity index (χ0) is 11.3. The molecule has 0 spiro atoms. The van der Waals surface area contributed by atoms with E-state index >= 15 is 0 Å². The molecule has 0 aliphatic carbocycles. The van der Waals surface area contributed by atoms with Crippen molar-refractivity contribution in [2.45, 2.75) is 12.5 Å². The fourth-order valence-electron chi connectivity index (χ4n) is 1.15. The van der Waals surface area contributed by atoms with Gasteiger partial charge < -0.3 is 5.11 Å². The maximum absolute atomic E-state index is 10.6. The van der Waals surface area contributed by atoms with Crippen LogP contribution in [0, 0.1) is 0 Å². The van der Waals surface area contributed by atoms with Gasteiger partial charge in [-0.2, -0.15) is 8.42 Å². The summed E-state index contributed by atoms with van der Waals surface area (Å²) in [5.74, 6) is 0. The minimum atomic E-state index is -3.41. The van der Waals surface area contributed by atoms with Crippen LogP contribution in [0.4, 0.5) is 0 Å². The quantitative estimate of drug-likeness (QED) is 0.769. The van der Waals surface area contributed by atoms with Gasteiger partial charge in [-0.25, -0.2) is 0 Å². The third-order valence-corrected chi connectivity index (χ3v) is 2.47. The van der Waals surface area contributed by atoms with Gasteiger partial charge in [-0.3, -0.25) is 4.18 Å². The Balaban J connectivity index is 2.41. The lowest BCUT2D eigenvalue weighted by Gasteiger charge is -2.09. The Kier molecular flexibility index (Phi) is 4.26. The highest BCUT2D eigenvalue weighted by molar-refractivity contribution is 7.85. The number of hydrogen-bond acceptors (Lipinski definition) is 4. The van der Waals surface area contributed by atoms with E-state index < -0.39 is 16.2 Å². The Morgan fingerprint density at radius 1 is 1.33 bits per heavy atom. The van der Waals surface area contributed by atoms with Gasteiger partial charge in [0.05, 0.1) is 19.0 Å². The van der Waals surface area contributed by atoms with Crippen LogP contribution in [0.5, 0.6) is 0 Å². The topological polar surface area (TPSA) is 63.6 Å². The van der Waals surface area contributed by atoms with Crippen molar-refractivity contribution in [2.24, 2.45) is 0 Å². The van der Waals surface area contributed by atoms with Gasteiger partial charge in [-0.1, -0.05) is 30.3 Å². The van der Waals surface area contributed by atoms with Crippen LogP contribution in [0.15, 0.2) is 30.3 Å². The molecule has 0 heterocycles. The van der Waals surface area contributed by atoms with E-state index in [0.717, 1.165) is 11.8 Å². The van der Waals surface area contributed by atoms with E-state index in [1.54, 1.807) is 12.1 Å². The molecular formula is C10H14O4S. The van der Waals surface area contributed by atoms with Crippen LogP contribution < -0.4 is 0 Å². The summed E-state index contributed by atoms with van der Waals surface area (Å²) in [5, 5.41) is 9.64. The monoisotopic (exact) mass is 230 g/mol. The average Bonchev–Trinajstić information content (AvgIpc) is 2.17. The lowest BCUT2D eigenvalue weighted by molar-refractivity contribution is 0.143. The Morgan fingerprint density at radius 2 is 1.93 bits per heavy atom. The van der Waals surface area contributed by atoms with E-state index in [1.807, 2.05) is 18.2 Å². The second-order valence-corrected chi connectivity index (χ2v) is 4.89. The summed E-state index contributed by atoms with van der Waals surface area (Å²) in [6.07, 6.45) is 0.562. The first-order valence-corrected chi connectivity index (χ1v) is 6.38. The largest absolute Gasteiger partial charge is 0.388 e. The van der Waals surface area contributed by atoms with Gasteiger partial charge in [0.2, 0.25) is 0 Å². The van der Waals surface area contributed by atoms with Crippen LogP contribution in [0.25, 0.3) is 0 Å². The maximum atomic E-state index is 10.6. The lowest BCUT2D eigenvalue weighted by atomic mass is 10.1. The van der Waals surface area contributed by atoms with Gasteiger partial charge in [0, 0.05) is 6.42 Å². The van der Waals surface area contributed by atoms with Crippen molar-refractivity contribution in [1.29, 1.82) is 0 Å². The van der Waals surface area contributed by atoms with Crippen molar-refractivity contribution in [3.63, 3.8) is 0 Å². The molecule has 0 aliphatic rings. The van der Waals surface area contributed by atoms with Crippen LogP contribution in [0.2, 0.25) is 0 Å². The van der Waals surface area contributed by atoms with E-state index in [0.29, 0.717) is 0 Å². The first kappa shape index (κ1) is 12.2. The summed E-state index contributed by atoms with van der Waals surface area (Å²) in [7, 11) is -3.41. The van der Waals surface area contributed by atoms with Crippen molar-refractivity contribution in [3.05, 3.63) is 35.9 Å². The Morgan fingerprint density at radius 3 is 2.47 bits per heavy atom. The third-order valence-electron chi connectivity index (χ3n) is 1.87. The number of benzene rings is 1. The first-order chi connectivity index (χ1) is 6.99. The minimum Gasteiger partial charge on any atom is -0.388 e. The van der Waals surface area contributed by atoms with Gasteiger partial charge in [-0.15, -0.1) is 0 Å². The third kappa shape index (κ3) is 4.92. The molecule has 15 heavy (non-hydrogen) atoms. The molecule has 0 saturated heterocycles. The van der Waals surface area contributed by atoms with Gasteiger partial charge in [-0.05, 0) is 5.56 Å². The fourth-order valence-corrected chi connectivity index (χ4v) is 1.55. The number of rotatable bonds is 5. The van der Waals surface area contributed by atoms with Crippen molar-refractivity contribution in [1.82, 2.24) is 0 Å². The second kappa shape index (κ2) is 5.25. The molecule has 1 aromatic carbocycles. The highest BCUT2D eigenvalue weighted by Crippen LogP contribution is 2.15. The summed E-state index contributed by atoms with van der Waals surface area (Å²) >= 11 is 0. The summed E-state index contributed by atoms with van der Waals surface area (Å²) < 4.78 is 25.8. The molecule has 0 aliphatic heterocycles. The smallest absolute Gasteiger partial charge is 0.264 e. The summed E-state index contributed by atoms with van der Waals surface area (Å²) in [5.41, 5.74) is 0.759. The van der Waals surface area contributed by atoms with E-state index in [4.69, 9.17) is 0 Å². The average molecular weight is 230 g/mol. The first-order valence-electron chi connectivity index (χ1n) is 4.56. The SMILES string of the molecule is CS(=O)(=O)OCC[C@@H](O)c1ccccc1. The van der Waals surface area contributed by atoms with Crippen LogP contribution in [-0.4, -0.2) is 26.4 Å². The van der Waals surface area contributed by atoms with E-state index in [1.165, 1.54) is 0 Å². The minimum absolute atomic E-state index is 0.00507. The molecule has 0 fully saturated rings. The lowest BCUT2D eigenvalue weighted by Crippen LogP contribution is -2.08. The zero-order valence-corrected chi connectivity index (χ0v) is 9.28. The molecule has 0 aromatic heterocycles. The van der Waals surface area contributed by atoms with Crippen molar-refractivity contribution >= 4 is 10.1 Å². The molecule has 0 radical (unpaired) electrons. The molecule has 0 saturated carbocycles. The van der Waals surface area contributed by atoms with Crippen LogP contribution in [0.1, 0.15) is 18.1 Å². The highest BCUT2D eigenvalue weighted by Gasteiger charge is 2.08. The predicted octanol–water partition coefficient (Wildman–Crippen LogP) is 1.09.